The molecule has 306 valence electrons. The maximum Gasteiger partial charge on any atom is 0.104 e. The Morgan fingerprint density at radius 2 is 0.576 bits per heavy atom. The topological polar surface area (TPSA) is 57.4 Å². The number of hydrogen-bond donors (Lipinski definition) is 0. The first-order valence-electron chi connectivity index (χ1n) is 22.1. The van der Waals surface area contributed by atoms with Gasteiger partial charge < -0.3 is 9.13 Å². The van der Waals surface area contributed by atoms with Crippen molar-refractivity contribution in [3.8, 4) is 79.1 Å². The number of hydrogen-bond acceptors (Lipinski definition) is 2. The highest BCUT2D eigenvalue weighted by atomic mass is 15.0. The Morgan fingerprint density at radius 1 is 0.258 bits per heavy atom. The van der Waals surface area contributed by atoms with Crippen LogP contribution in [0.5, 0.6) is 0 Å². The molecule has 10 aromatic carbocycles. The first-order chi connectivity index (χ1) is 32.6. The van der Waals surface area contributed by atoms with Gasteiger partial charge in [-0.15, -0.1) is 0 Å². The van der Waals surface area contributed by atoms with Gasteiger partial charge in [0.25, 0.3) is 0 Å². The van der Waals surface area contributed by atoms with E-state index >= 15 is 0 Å². The average Bonchev–Trinajstić information content (AvgIpc) is 3.90. The van der Waals surface area contributed by atoms with Crippen LogP contribution < -0.4 is 0 Å². The third-order valence-electron chi connectivity index (χ3n) is 13.0. The highest BCUT2D eigenvalue weighted by Gasteiger charge is 2.24. The van der Waals surface area contributed by atoms with E-state index in [0.717, 1.165) is 111 Å². The smallest absolute Gasteiger partial charge is 0.104 e. The lowest BCUT2D eigenvalue weighted by atomic mass is 9.98. The molecule has 2 aromatic heterocycles. The fraction of sp³-hybridized carbons (Fsp3) is 0. The Balaban J connectivity index is 1.24. The Morgan fingerprint density at radius 3 is 0.894 bits per heavy atom. The van der Waals surface area contributed by atoms with Crippen LogP contribution in [0.15, 0.2) is 231 Å². The quantitative estimate of drug-likeness (QED) is 0.161. The van der Waals surface area contributed by atoms with E-state index in [1.54, 1.807) is 0 Å². The zero-order chi connectivity index (χ0) is 44.1. The molecule has 0 N–H and O–H groups in total. The first-order valence-corrected chi connectivity index (χ1v) is 22.1. The normalized spacial score (nSPS) is 11.3. The van der Waals surface area contributed by atoms with Crippen LogP contribution in [0.4, 0.5) is 0 Å². The zero-order valence-electron chi connectivity index (χ0n) is 35.7. The van der Waals surface area contributed by atoms with Gasteiger partial charge >= 0.3 is 0 Å². The molecule has 4 nitrogen and oxygen atoms in total. The Kier molecular flexibility index (Phi) is 9.23. The van der Waals surface area contributed by atoms with E-state index in [-0.39, 0.29) is 0 Å². The summed E-state index contributed by atoms with van der Waals surface area (Å²) < 4.78 is 4.59. The molecule has 4 heteroatoms. The van der Waals surface area contributed by atoms with Crippen molar-refractivity contribution in [2.75, 3.05) is 0 Å². The van der Waals surface area contributed by atoms with Gasteiger partial charge in [0.15, 0.2) is 0 Å². The third-order valence-corrected chi connectivity index (χ3v) is 13.0. The molecule has 0 aliphatic heterocycles. The van der Waals surface area contributed by atoms with Crippen molar-refractivity contribution < 1.29 is 0 Å². The van der Waals surface area contributed by atoms with E-state index < -0.39 is 0 Å². The standard InChI is InChI=1S/C62H38N4/c63-39-41-14-13-23-46(32-41)51-37-61(65-57-33-47(42-15-5-1-6-16-42)24-28-52(57)53-29-25-48(34-58(53)65)43-17-7-2-8-18-43)56(40-64)62(38-51)66-59-35-49(44-19-9-3-10-20-44)26-30-54(59)55-31-27-50(36-60(55)66)45-21-11-4-12-22-45/h1-38H. The summed E-state index contributed by atoms with van der Waals surface area (Å²) in [5, 5.41) is 26.3. The van der Waals surface area contributed by atoms with Gasteiger partial charge in [-0.1, -0.05) is 182 Å². The second-order valence-corrected chi connectivity index (χ2v) is 16.8. The summed E-state index contributed by atoms with van der Waals surface area (Å²) in [5.41, 5.74) is 17.1. The van der Waals surface area contributed by atoms with Crippen LogP contribution in [0.3, 0.4) is 0 Å². The number of benzene rings is 10. The van der Waals surface area contributed by atoms with Gasteiger partial charge in [0.05, 0.1) is 45.1 Å². The van der Waals surface area contributed by atoms with Gasteiger partial charge in [-0.25, -0.2) is 0 Å². The van der Waals surface area contributed by atoms with Crippen molar-refractivity contribution in [2.45, 2.75) is 0 Å². The van der Waals surface area contributed by atoms with Crippen LogP contribution in [0, 0.1) is 22.7 Å². The molecule has 0 unspecified atom stereocenters. The monoisotopic (exact) mass is 838 g/mol. The number of nitrogens with zero attached hydrogens (tertiary/aromatic N) is 4. The third kappa shape index (κ3) is 6.45. The van der Waals surface area contributed by atoms with Crippen LogP contribution in [-0.4, -0.2) is 9.13 Å². The largest absolute Gasteiger partial charge is 0.308 e. The predicted molar refractivity (Wildman–Crippen MR) is 272 cm³/mol. The summed E-state index contributed by atoms with van der Waals surface area (Å²) in [6, 6.07) is 85.7. The number of rotatable bonds is 7. The number of fused-ring (bicyclic) bond motifs is 6. The van der Waals surface area contributed by atoms with Crippen LogP contribution >= 0.6 is 0 Å². The summed E-state index contributed by atoms with van der Waals surface area (Å²) in [6.07, 6.45) is 0. The van der Waals surface area contributed by atoms with E-state index in [4.69, 9.17) is 0 Å². The molecule has 0 saturated heterocycles. The lowest BCUT2D eigenvalue weighted by Crippen LogP contribution is -2.05. The van der Waals surface area contributed by atoms with Crippen molar-refractivity contribution in [2.24, 2.45) is 0 Å². The fourth-order valence-corrected chi connectivity index (χ4v) is 9.81. The molecule has 12 aromatic rings. The SMILES string of the molecule is N#Cc1cccc(-c2cc(-n3c4cc(-c5ccccc5)ccc4c4ccc(-c5ccccc5)cc43)c(C#N)c(-n3c4cc(-c5ccccc5)ccc4c4ccc(-c5ccccc5)cc43)c2)c1. The lowest BCUT2D eigenvalue weighted by Gasteiger charge is -2.19. The van der Waals surface area contributed by atoms with Crippen molar-refractivity contribution in [3.05, 3.63) is 242 Å². The van der Waals surface area contributed by atoms with Crippen LogP contribution in [0.25, 0.3) is 111 Å². The minimum atomic E-state index is 0.526. The zero-order valence-corrected chi connectivity index (χ0v) is 35.7. The van der Waals surface area contributed by atoms with Gasteiger partial charge in [0, 0.05) is 21.5 Å². The molecule has 0 aliphatic rings. The average molecular weight is 839 g/mol. The summed E-state index contributed by atoms with van der Waals surface area (Å²) in [7, 11) is 0. The molecular weight excluding hydrogens is 801 g/mol. The maximum absolute atomic E-state index is 11.8. The summed E-state index contributed by atoms with van der Waals surface area (Å²) in [6.45, 7) is 0. The molecular formula is C62H38N4. The molecule has 0 amide bonds. The molecule has 66 heavy (non-hydrogen) atoms. The number of aromatic nitrogens is 2. The first kappa shape index (κ1) is 38.5. The summed E-state index contributed by atoms with van der Waals surface area (Å²) >= 11 is 0. The second-order valence-electron chi connectivity index (χ2n) is 16.8. The molecule has 0 spiro atoms. The van der Waals surface area contributed by atoms with Crippen molar-refractivity contribution in [3.63, 3.8) is 0 Å². The van der Waals surface area contributed by atoms with Gasteiger partial charge in [0.1, 0.15) is 11.6 Å². The molecule has 0 radical (unpaired) electrons. The minimum absolute atomic E-state index is 0.526. The van der Waals surface area contributed by atoms with Crippen molar-refractivity contribution in [1.29, 1.82) is 10.5 Å². The van der Waals surface area contributed by atoms with Gasteiger partial charge in [-0.05, 0) is 104 Å². The van der Waals surface area contributed by atoms with E-state index in [2.05, 4.69) is 209 Å². The number of nitriles is 2. The molecule has 12 rings (SSSR count). The van der Waals surface area contributed by atoms with Crippen LogP contribution in [0.2, 0.25) is 0 Å². The predicted octanol–water partition coefficient (Wildman–Crippen LogP) is 16.0. The molecule has 0 saturated carbocycles. The van der Waals surface area contributed by atoms with Crippen LogP contribution in [0.1, 0.15) is 11.1 Å². The van der Waals surface area contributed by atoms with Crippen molar-refractivity contribution in [1.82, 2.24) is 9.13 Å². The van der Waals surface area contributed by atoms with Gasteiger partial charge in [-0.3, -0.25) is 0 Å². The Hall–Kier alpha value is -9.22. The summed E-state index contributed by atoms with van der Waals surface area (Å²) in [4.78, 5) is 0. The molecule has 0 aliphatic carbocycles. The fourth-order valence-electron chi connectivity index (χ4n) is 9.81. The Labute approximate surface area is 382 Å². The van der Waals surface area contributed by atoms with Crippen LogP contribution in [-0.2, 0) is 0 Å². The van der Waals surface area contributed by atoms with E-state index in [0.29, 0.717) is 11.1 Å². The molecule has 0 atom stereocenters. The Bertz CT molecular complexity index is 3510. The lowest BCUT2D eigenvalue weighted by molar-refractivity contribution is 1.12. The molecule has 2 heterocycles. The van der Waals surface area contributed by atoms with Gasteiger partial charge in [-0.2, -0.15) is 10.5 Å². The molecule has 0 bridgehead atoms. The second kappa shape index (κ2) is 15.8. The molecule has 0 fully saturated rings. The highest BCUT2D eigenvalue weighted by Crippen LogP contribution is 2.43. The maximum atomic E-state index is 11.8. The minimum Gasteiger partial charge on any atom is -0.308 e. The van der Waals surface area contributed by atoms with E-state index in [1.807, 2.05) is 42.5 Å². The van der Waals surface area contributed by atoms with E-state index in [1.165, 1.54) is 0 Å². The van der Waals surface area contributed by atoms with Crippen molar-refractivity contribution >= 4 is 43.6 Å². The van der Waals surface area contributed by atoms with Gasteiger partial charge in [0.2, 0.25) is 0 Å². The van der Waals surface area contributed by atoms with E-state index in [9.17, 15) is 10.5 Å². The summed E-state index contributed by atoms with van der Waals surface area (Å²) in [5.74, 6) is 0. The highest BCUT2D eigenvalue weighted by molar-refractivity contribution is 6.13.